The molecule has 1 aliphatic heterocycles. The second-order valence-corrected chi connectivity index (χ2v) is 6.88. The van der Waals surface area contributed by atoms with Crippen LogP contribution in [-0.4, -0.2) is 45.6 Å². The Morgan fingerprint density at radius 2 is 1.78 bits per heavy atom. The van der Waals surface area contributed by atoms with Crippen molar-refractivity contribution in [1.82, 2.24) is 0 Å². The highest BCUT2D eigenvalue weighted by atomic mass is 127. The number of halogens is 1. The van der Waals surface area contributed by atoms with E-state index in [0.717, 1.165) is 0 Å². The smallest absolute Gasteiger partial charge is 0.241 e. The summed E-state index contributed by atoms with van der Waals surface area (Å²) in [4.78, 5) is 13.5. The highest BCUT2D eigenvalue weighted by Gasteiger charge is 2.56. The fourth-order valence-electron chi connectivity index (χ4n) is 3.19. The van der Waals surface area contributed by atoms with Gasteiger partial charge in [-0.25, -0.2) is 0 Å². The molecule has 3 rings (SSSR count). The van der Waals surface area contributed by atoms with Crippen LogP contribution in [0.4, 0.5) is 0 Å². The Kier molecular flexibility index (Phi) is 5.50. The van der Waals surface area contributed by atoms with Gasteiger partial charge in [-0.3, -0.25) is 4.79 Å². The zero-order valence-corrected chi connectivity index (χ0v) is 17.4. The number of phenolic OH excluding ortho intramolecular Hbond substituents is 1. The molecule has 1 heterocycles. The van der Waals surface area contributed by atoms with Crippen LogP contribution in [0.5, 0.6) is 23.0 Å². The number of hydrogen-bond donors (Lipinski definition) is 1. The van der Waals surface area contributed by atoms with Gasteiger partial charge in [-0.15, -0.1) is 0 Å². The quantitative estimate of drug-likeness (QED) is 0.651. The van der Waals surface area contributed by atoms with E-state index in [0.29, 0.717) is 20.6 Å². The summed E-state index contributed by atoms with van der Waals surface area (Å²) in [6.07, 6.45) is -1.07. The Balaban J connectivity index is 2.24. The van der Waals surface area contributed by atoms with Crippen LogP contribution in [0, 0.1) is 3.57 Å². The molecule has 7 nitrogen and oxygen atoms in total. The molecule has 2 aromatic carbocycles. The number of phenols is 1. The van der Waals surface area contributed by atoms with Gasteiger partial charge in [0.2, 0.25) is 17.7 Å². The second kappa shape index (κ2) is 7.53. The van der Waals surface area contributed by atoms with Crippen LogP contribution in [0.1, 0.15) is 15.9 Å². The summed E-state index contributed by atoms with van der Waals surface area (Å²) in [5, 5.41) is 10.5. The van der Waals surface area contributed by atoms with E-state index in [-0.39, 0.29) is 17.1 Å². The van der Waals surface area contributed by atoms with E-state index >= 15 is 0 Å². The minimum atomic E-state index is -1.59. The minimum Gasteiger partial charge on any atom is -0.507 e. The lowest BCUT2D eigenvalue weighted by Gasteiger charge is -2.41. The summed E-state index contributed by atoms with van der Waals surface area (Å²) in [6, 6.07) is 8.20. The van der Waals surface area contributed by atoms with Gasteiger partial charge in [0, 0.05) is 20.3 Å². The molecule has 2 atom stereocenters. The lowest BCUT2D eigenvalue weighted by atomic mass is 9.82. The van der Waals surface area contributed by atoms with E-state index in [1.807, 2.05) is 22.6 Å². The molecular formula is C19H19IO7. The SMILES string of the molecule is COc1ccc([C@@]2(OC)C(=O)c3c(O)cc(OC)c(I)c3O[C@@H]2OC)cc1. The zero-order valence-electron chi connectivity index (χ0n) is 15.2. The number of Topliss-reactive ketones (excluding diaryl/α,β-unsaturated/α-hetero) is 1. The average molecular weight is 486 g/mol. The van der Waals surface area contributed by atoms with Gasteiger partial charge in [-0.1, -0.05) is 12.1 Å². The van der Waals surface area contributed by atoms with Gasteiger partial charge in [0.25, 0.3) is 0 Å². The normalized spacial score (nSPS) is 21.4. The first-order valence-electron chi connectivity index (χ1n) is 7.98. The fraction of sp³-hybridized carbons (Fsp3) is 0.316. The lowest BCUT2D eigenvalue weighted by molar-refractivity contribution is -0.186. The summed E-state index contributed by atoms with van der Waals surface area (Å²) >= 11 is 2.00. The fourth-order valence-corrected chi connectivity index (χ4v) is 3.96. The Labute approximate surface area is 170 Å². The van der Waals surface area contributed by atoms with Crippen molar-refractivity contribution in [3.05, 3.63) is 45.0 Å². The van der Waals surface area contributed by atoms with E-state index in [2.05, 4.69) is 0 Å². The monoisotopic (exact) mass is 486 g/mol. The predicted molar refractivity (Wildman–Crippen MR) is 105 cm³/mol. The summed E-state index contributed by atoms with van der Waals surface area (Å²) < 4.78 is 28.1. The minimum absolute atomic E-state index is 0.0196. The number of rotatable bonds is 5. The van der Waals surface area contributed by atoms with Crippen LogP contribution in [0.2, 0.25) is 0 Å². The van der Waals surface area contributed by atoms with Gasteiger partial charge in [-0.05, 0) is 40.3 Å². The van der Waals surface area contributed by atoms with Gasteiger partial charge in [0.1, 0.15) is 22.8 Å². The van der Waals surface area contributed by atoms with Gasteiger partial charge in [0.05, 0.1) is 17.8 Å². The number of fused-ring (bicyclic) bond motifs is 1. The zero-order chi connectivity index (χ0) is 19.8. The molecule has 1 N–H and O–H groups in total. The number of methoxy groups -OCH3 is 4. The second-order valence-electron chi connectivity index (χ2n) is 5.80. The maximum Gasteiger partial charge on any atom is 0.241 e. The van der Waals surface area contributed by atoms with Crippen LogP contribution < -0.4 is 14.2 Å². The maximum atomic E-state index is 13.5. The van der Waals surface area contributed by atoms with Crippen molar-refractivity contribution in [2.24, 2.45) is 0 Å². The first-order chi connectivity index (χ1) is 12.9. The molecular weight excluding hydrogens is 467 g/mol. The maximum absolute atomic E-state index is 13.5. The molecule has 0 amide bonds. The molecule has 2 aromatic rings. The lowest BCUT2D eigenvalue weighted by Crippen LogP contribution is -2.55. The first kappa shape index (κ1) is 19.7. The standard InChI is InChI=1S/C19H19IO7/c1-23-11-7-5-10(6-8-11)19(26-4)17(22)14-12(21)9-13(24-2)15(20)16(14)27-18(19)25-3/h5-9,18,21H,1-4H3/t18-,19+/m0/s1. The molecule has 1 aliphatic rings. The Bertz CT molecular complexity index is 865. The van der Waals surface area contributed by atoms with Crippen molar-refractivity contribution in [2.45, 2.75) is 11.9 Å². The van der Waals surface area contributed by atoms with E-state index in [9.17, 15) is 9.90 Å². The topological polar surface area (TPSA) is 83.5 Å². The van der Waals surface area contributed by atoms with Gasteiger partial charge in [0.15, 0.2) is 5.75 Å². The molecule has 0 unspecified atom stereocenters. The summed E-state index contributed by atoms with van der Waals surface area (Å²) in [7, 11) is 5.84. The van der Waals surface area contributed by atoms with Crippen LogP contribution in [-0.2, 0) is 15.1 Å². The molecule has 144 valence electrons. The largest absolute Gasteiger partial charge is 0.507 e. The van der Waals surface area contributed by atoms with E-state index in [1.54, 1.807) is 31.4 Å². The molecule has 0 spiro atoms. The number of ketones is 1. The third kappa shape index (κ3) is 2.91. The number of ether oxygens (including phenoxy) is 5. The first-order valence-corrected chi connectivity index (χ1v) is 9.05. The molecule has 0 saturated heterocycles. The summed E-state index contributed by atoms with van der Waals surface area (Å²) in [5.41, 5.74) is -1.06. The van der Waals surface area contributed by atoms with Crippen LogP contribution in [0.15, 0.2) is 30.3 Å². The third-order valence-electron chi connectivity index (χ3n) is 4.56. The van der Waals surface area contributed by atoms with Gasteiger partial charge in [-0.2, -0.15) is 0 Å². The molecule has 8 heteroatoms. The van der Waals surface area contributed by atoms with Crippen LogP contribution in [0.3, 0.4) is 0 Å². The van der Waals surface area contributed by atoms with Gasteiger partial charge >= 0.3 is 0 Å². The van der Waals surface area contributed by atoms with Crippen molar-refractivity contribution in [3.63, 3.8) is 0 Å². The number of benzene rings is 2. The van der Waals surface area contributed by atoms with E-state index in [4.69, 9.17) is 23.7 Å². The summed E-state index contributed by atoms with van der Waals surface area (Å²) in [6.45, 7) is 0. The molecule has 0 aromatic heterocycles. The van der Waals surface area contributed by atoms with Crippen LogP contribution in [0.25, 0.3) is 0 Å². The number of aromatic hydroxyl groups is 1. The molecule has 0 radical (unpaired) electrons. The van der Waals surface area contributed by atoms with Crippen molar-refractivity contribution < 1.29 is 33.6 Å². The van der Waals surface area contributed by atoms with Crippen molar-refractivity contribution in [3.8, 4) is 23.0 Å². The molecule has 0 aliphatic carbocycles. The Morgan fingerprint density at radius 3 is 2.30 bits per heavy atom. The Hall–Kier alpha value is -2.04. The van der Waals surface area contributed by atoms with Crippen LogP contribution >= 0.6 is 22.6 Å². The van der Waals surface area contributed by atoms with Crippen molar-refractivity contribution >= 4 is 28.4 Å². The molecule has 27 heavy (non-hydrogen) atoms. The molecule has 0 saturated carbocycles. The van der Waals surface area contributed by atoms with E-state index < -0.39 is 17.7 Å². The average Bonchev–Trinajstić information content (AvgIpc) is 2.70. The summed E-state index contributed by atoms with van der Waals surface area (Å²) in [5.74, 6) is 0.498. The number of carbonyl (C=O) groups is 1. The predicted octanol–water partition coefficient (Wildman–Crippen LogP) is 3.10. The molecule has 0 bridgehead atoms. The van der Waals surface area contributed by atoms with Gasteiger partial charge < -0.3 is 28.8 Å². The number of carbonyl (C=O) groups excluding carboxylic acids is 1. The highest BCUT2D eigenvalue weighted by molar-refractivity contribution is 14.1. The highest BCUT2D eigenvalue weighted by Crippen LogP contribution is 2.49. The van der Waals surface area contributed by atoms with Crippen molar-refractivity contribution in [2.75, 3.05) is 28.4 Å². The number of hydrogen-bond acceptors (Lipinski definition) is 7. The Morgan fingerprint density at radius 1 is 1.11 bits per heavy atom. The third-order valence-corrected chi connectivity index (χ3v) is 5.58. The van der Waals surface area contributed by atoms with Crippen molar-refractivity contribution in [1.29, 1.82) is 0 Å². The molecule has 0 fully saturated rings. The van der Waals surface area contributed by atoms with E-state index in [1.165, 1.54) is 27.4 Å².